The minimum atomic E-state index is -0.350. The summed E-state index contributed by atoms with van der Waals surface area (Å²) in [5.74, 6) is 0. The molecule has 6 heteroatoms. The summed E-state index contributed by atoms with van der Waals surface area (Å²) >= 11 is 0. The third-order valence-electron chi connectivity index (χ3n) is 6.56. The fourth-order valence-corrected chi connectivity index (χ4v) is 4.75. The Hall–Kier alpha value is -2.75. The highest BCUT2D eigenvalue weighted by atomic mass is 16.6. The summed E-state index contributed by atoms with van der Waals surface area (Å²) in [5.41, 5.74) is 4.85. The Kier molecular flexibility index (Phi) is 6.41. The summed E-state index contributed by atoms with van der Waals surface area (Å²) in [6.07, 6.45) is 5.50. The largest absolute Gasteiger partial charge is 0.300 e. The first kappa shape index (κ1) is 20.5. The van der Waals surface area contributed by atoms with Crippen LogP contribution in [0.1, 0.15) is 35.1 Å². The first-order chi connectivity index (χ1) is 14.6. The van der Waals surface area contributed by atoms with Crippen LogP contribution in [-0.4, -0.2) is 53.5 Å². The minimum absolute atomic E-state index is 0.154. The molecular weight excluding hydrogens is 376 g/mol. The topological polar surface area (TPSA) is 73.4 Å². The van der Waals surface area contributed by atoms with Crippen LogP contribution in [0.15, 0.2) is 42.5 Å². The molecule has 0 radical (unpaired) electrons. The standard InChI is InChI=1S/C24H28N4O2/c25-18-20-4-7-22-17-24(3-1-2-21(22)16-20)27-14-12-26(13-15-27)11-10-19-5-8-23(9-6-19)28(29)30/h4-9,16,24H,1-3,10-15,17H2. The molecule has 0 N–H and O–H groups in total. The normalized spacial score (nSPS) is 20.2. The van der Waals surface area contributed by atoms with Crippen molar-refractivity contribution in [2.24, 2.45) is 0 Å². The Morgan fingerprint density at radius 1 is 1.07 bits per heavy atom. The van der Waals surface area contributed by atoms with Crippen molar-refractivity contribution >= 4 is 5.69 Å². The third kappa shape index (κ3) is 4.86. The van der Waals surface area contributed by atoms with Crippen molar-refractivity contribution in [3.05, 3.63) is 74.8 Å². The molecule has 1 aliphatic heterocycles. The molecule has 1 heterocycles. The lowest BCUT2D eigenvalue weighted by atomic mass is 9.98. The van der Waals surface area contributed by atoms with Gasteiger partial charge in [-0.3, -0.25) is 15.0 Å². The fraction of sp³-hybridized carbons (Fsp3) is 0.458. The van der Waals surface area contributed by atoms with Crippen molar-refractivity contribution in [1.29, 1.82) is 5.26 Å². The van der Waals surface area contributed by atoms with Crippen LogP contribution >= 0.6 is 0 Å². The van der Waals surface area contributed by atoms with E-state index in [1.807, 2.05) is 18.2 Å². The summed E-state index contributed by atoms with van der Waals surface area (Å²) in [6.45, 7) is 5.33. The summed E-state index contributed by atoms with van der Waals surface area (Å²) in [5, 5.41) is 19.9. The highest BCUT2D eigenvalue weighted by molar-refractivity contribution is 5.39. The number of nitro groups is 1. The number of hydrogen-bond donors (Lipinski definition) is 0. The van der Waals surface area contributed by atoms with E-state index in [0.717, 1.165) is 63.1 Å². The van der Waals surface area contributed by atoms with E-state index in [9.17, 15) is 10.1 Å². The Bertz CT molecular complexity index is 927. The highest BCUT2D eigenvalue weighted by Gasteiger charge is 2.26. The number of nitro benzene ring substituents is 1. The zero-order valence-corrected chi connectivity index (χ0v) is 17.3. The summed E-state index contributed by atoms with van der Waals surface area (Å²) in [7, 11) is 0. The van der Waals surface area contributed by atoms with Crippen LogP contribution < -0.4 is 0 Å². The molecule has 30 heavy (non-hydrogen) atoms. The van der Waals surface area contributed by atoms with Crippen LogP contribution in [0, 0.1) is 21.4 Å². The van der Waals surface area contributed by atoms with Crippen molar-refractivity contribution in [3.63, 3.8) is 0 Å². The van der Waals surface area contributed by atoms with Crippen LogP contribution in [-0.2, 0) is 19.3 Å². The van der Waals surface area contributed by atoms with Gasteiger partial charge in [-0.1, -0.05) is 18.2 Å². The number of piperazine rings is 1. The molecule has 0 bridgehead atoms. The lowest BCUT2D eigenvalue weighted by molar-refractivity contribution is -0.384. The second-order valence-corrected chi connectivity index (χ2v) is 8.40. The van der Waals surface area contributed by atoms with Gasteiger partial charge < -0.3 is 4.90 Å². The van der Waals surface area contributed by atoms with Gasteiger partial charge >= 0.3 is 0 Å². The van der Waals surface area contributed by atoms with Gasteiger partial charge in [0.1, 0.15) is 0 Å². The molecule has 0 saturated carbocycles. The number of aryl methyl sites for hydroxylation is 1. The number of rotatable bonds is 5. The number of nitriles is 1. The van der Waals surface area contributed by atoms with Crippen molar-refractivity contribution in [1.82, 2.24) is 9.80 Å². The van der Waals surface area contributed by atoms with Gasteiger partial charge in [0.2, 0.25) is 0 Å². The van der Waals surface area contributed by atoms with E-state index in [4.69, 9.17) is 5.26 Å². The van der Waals surface area contributed by atoms with E-state index in [2.05, 4.69) is 28.0 Å². The number of hydrogen-bond acceptors (Lipinski definition) is 5. The molecule has 156 valence electrons. The van der Waals surface area contributed by atoms with Crippen molar-refractivity contribution in [2.75, 3.05) is 32.7 Å². The SMILES string of the molecule is N#Cc1ccc2c(c1)CCCC(N1CCN(CCc3ccc([N+](=O)[O-])cc3)CC1)C2. The lowest BCUT2D eigenvalue weighted by Crippen LogP contribution is -2.51. The van der Waals surface area contributed by atoms with Gasteiger partial charge in [-0.25, -0.2) is 0 Å². The van der Waals surface area contributed by atoms with Crippen LogP contribution in [0.4, 0.5) is 5.69 Å². The van der Waals surface area contributed by atoms with E-state index in [1.54, 1.807) is 12.1 Å². The Morgan fingerprint density at radius 3 is 2.53 bits per heavy atom. The molecule has 0 spiro atoms. The number of nitrogens with zero attached hydrogens (tertiary/aromatic N) is 4. The Morgan fingerprint density at radius 2 is 1.83 bits per heavy atom. The molecule has 2 aliphatic rings. The van der Waals surface area contributed by atoms with Gasteiger partial charge in [0.15, 0.2) is 0 Å². The summed E-state index contributed by atoms with van der Waals surface area (Å²) < 4.78 is 0. The second-order valence-electron chi connectivity index (χ2n) is 8.40. The van der Waals surface area contributed by atoms with E-state index < -0.39 is 0 Å². The van der Waals surface area contributed by atoms with Crippen LogP contribution in [0.3, 0.4) is 0 Å². The van der Waals surface area contributed by atoms with Gasteiger partial charge in [-0.05, 0) is 60.9 Å². The van der Waals surface area contributed by atoms with Crippen molar-refractivity contribution in [3.8, 4) is 6.07 Å². The smallest absolute Gasteiger partial charge is 0.269 e. The average Bonchev–Trinajstić information content (AvgIpc) is 3.00. The van der Waals surface area contributed by atoms with E-state index in [1.165, 1.54) is 24.0 Å². The van der Waals surface area contributed by atoms with E-state index in [-0.39, 0.29) is 10.6 Å². The maximum Gasteiger partial charge on any atom is 0.269 e. The Balaban J connectivity index is 1.27. The quantitative estimate of drug-likeness (QED) is 0.433. The van der Waals surface area contributed by atoms with Gasteiger partial charge in [-0.15, -0.1) is 0 Å². The third-order valence-corrected chi connectivity index (χ3v) is 6.56. The molecule has 0 amide bonds. The molecule has 1 saturated heterocycles. The molecule has 6 nitrogen and oxygen atoms in total. The average molecular weight is 405 g/mol. The zero-order chi connectivity index (χ0) is 20.9. The summed E-state index contributed by atoms with van der Waals surface area (Å²) in [4.78, 5) is 15.6. The van der Waals surface area contributed by atoms with Gasteiger partial charge in [0.25, 0.3) is 5.69 Å². The number of benzene rings is 2. The Labute approximate surface area is 177 Å². The van der Waals surface area contributed by atoms with Crippen LogP contribution in [0.2, 0.25) is 0 Å². The predicted molar refractivity (Wildman–Crippen MR) is 116 cm³/mol. The first-order valence-corrected chi connectivity index (χ1v) is 10.8. The predicted octanol–water partition coefficient (Wildman–Crippen LogP) is 3.57. The first-order valence-electron chi connectivity index (χ1n) is 10.8. The van der Waals surface area contributed by atoms with Crippen LogP contribution in [0.5, 0.6) is 0 Å². The van der Waals surface area contributed by atoms with Gasteiger partial charge in [0, 0.05) is 50.9 Å². The second kappa shape index (κ2) is 9.38. The lowest BCUT2D eigenvalue weighted by Gasteiger charge is -2.39. The molecule has 2 aromatic rings. The molecule has 1 fully saturated rings. The van der Waals surface area contributed by atoms with Crippen molar-refractivity contribution < 1.29 is 4.92 Å². The van der Waals surface area contributed by atoms with E-state index in [0.29, 0.717) is 6.04 Å². The minimum Gasteiger partial charge on any atom is -0.300 e. The zero-order valence-electron chi connectivity index (χ0n) is 17.3. The number of fused-ring (bicyclic) bond motifs is 1. The molecule has 0 aromatic heterocycles. The highest BCUT2D eigenvalue weighted by Crippen LogP contribution is 2.25. The molecule has 2 aromatic carbocycles. The molecule has 4 rings (SSSR count). The molecule has 1 unspecified atom stereocenters. The molecule has 1 aliphatic carbocycles. The van der Waals surface area contributed by atoms with Crippen LogP contribution in [0.25, 0.3) is 0 Å². The molecular formula is C24H28N4O2. The van der Waals surface area contributed by atoms with E-state index >= 15 is 0 Å². The monoisotopic (exact) mass is 404 g/mol. The van der Waals surface area contributed by atoms with Crippen molar-refractivity contribution in [2.45, 2.75) is 38.1 Å². The van der Waals surface area contributed by atoms with Gasteiger partial charge in [-0.2, -0.15) is 5.26 Å². The maximum absolute atomic E-state index is 10.8. The summed E-state index contributed by atoms with van der Waals surface area (Å²) in [6, 6.07) is 16.0. The molecule has 1 atom stereocenters. The fourth-order valence-electron chi connectivity index (χ4n) is 4.75. The van der Waals surface area contributed by atoms with Gasteiger partial charge in [0.05, 0.1) is 16.6 Å². The number of non-ortho nitro benzene ring substituents is 1. The maximum atomic E-state index is 10.8.